The molecule has 1 heterocycles. The minimum absolute atomic E-state index is 0.00874. The SMILES string of the molecule is CC(CS(C)(=O)=O)NCc1c(C(=O)O)oc2ccccc12. The van der Waals surface area contributed by atoms with E-state index in [1.54, 1.807) is 31.2 Å². The highest BCUT2D eigenvalue weighted by Crippen LogP contribution is 2.25. The lowest BCUT2D eigenvalue weighted by Crippen LogP contribution is -2.32. The third-order valence-corrected chi connectivity index (χ3v) is 4.18. The van der Waals surface area contributed by atoms with Gasteiger partial charge in [-0.05, 0) is 13.0 Å². The predicted molar refractivity (Wildman–Crippen MR) is 79.2 cm³/mol. The van der Waals surface area contributed by atoms with Gasteiger partial charge in [0, 0.05) is 29.8 Å². The second kappa shape index (κ2) is 5.87. The lowest BCUT2D eigenvalue weighted by molar-refractivity contribution is 0.0663. The van der Waals surface area contributed by atoms with Crippen molar-refractivity contribution in [2.75, 3.05) is 12.0 Å². The Morgan fingerprint density at radius 2 is 2.05 bits per heavy atom. The van der Waals surface area contributed by atoms with Crippen molar-refractivity contribution in [1.29, 1.82) is 0 Å². The van der Waals surface area contributed by atoms with Crippen LogP contribution in [0.25, 0.3) is 11.0 Å². The summed E-state index contributed by atoms with van der Waals surface area (Å²) >= 11 is 0. The smallest absolute Gasteiger partial charge is 0.372 e. The molecule has 0 amide bonds. The summed E-state index contributed by atoms with van der Waals surface area (Å²) in [6.07, 6.45) is 1.17. The number of hydrogen-bond donors (Lipinski definition) is 2. The molecule has 2 N–H and O–H groups in total. The molecule has 0 bridgehead atoms. The minimum Gasteiger partial charge on any atom is -0.475 e. The fraction of sp³-hybridized carbons (Fsp3) is 0.357. The summed E-state index contributed by atoms with van der Waals surface area (Å²) in [6, 6.07) is 6.76. The van der Waals surface area contributed by atoms with Crippen LogP contribution >= 0.6 is 0 Å². The highest BCUT2D eigenvalue weighted by atomic mass is 32.2. The Morgan fingerprint density at radius 1 is 1.38 bits per heavy atom. The molecule has 0 radical (unpaired) electrons. The highest BCUT2D eigenvalue weighted by Gasteiger charge is 2.20. The first-order valence-corrected chi connectivity index (χ1v) is 8.49. The van der Waals surface area contributed by atoms with Crippen LogP contribution in [0.2, 0.25) is 0 Å². The van der Waals surface area contributed by atoms with Gasteiger partial charge in [0.2, 0.25) is 5.76 Å². The molecular weight excluding hydrogens is 294 g/mol. The van der Waals surface area contributed by atoms with Gasteiger partial charge < -0.3 is 14.8 Å². The summed E-state index contributed by atoms with van der Waals surface area (Å²) in [5.41, 5.74) is 1.03. The third-order valence-electron chi connectivity index (χ3n) is 3.07. The number of hydrogen-bond acceptors (Lipinski definition) is 5. The molecule has 0 aliphatic carbocycles. The molecule has 1 unspecified atom stereocenters. The number of carboxylic acid groups (broad SMARTS) is 1. The number of carboxylic acids is 1. The number of aromatic carboxylic acids is 1. The Hall–Kier alpha value is -1.86. The van der Waals surface area contributed by atoms with Crippen molar-refractivity contribution in [2.24, 2.45) is 0 Å². The van der Waals surface area contributed by atoms with Crippen LogP contribution in [0.4, 0.5) is 0 Å². The summed E-state index contributed by atoms with van der Waals surface area (Å²) in [7, 11) is -3.09. The maximum absolute atomic E-state index is 11.2. The number of fused-ring (bicyclic) bond motifs is 1. The van der Waals surface area contributed by atoms with Crippen molar-refractivity contribution in [2.45, 2.75) is 19.5 Å². The maximum atomic E-state index is 11.2. The first-order valence-electron chi connectivity index (χ1n) is 6.42. The van der Waals surface area contributed by atoms with Crippen molar-refractivity contribution < 1.29 is 22.7 Å². The van der Waals surface area contributed by atoms with Crippen LogP contribution in [0, 0.1) is 0 Å². The molecule has 0 fully saturated rings. The Morgan fingerprint density at radius 3 is 2.67 bits per heavy atom. The van der Waals surface area contributed by atoms with Crippen LogP contribution in [0.3, 0.4) is 0 Å². The van der Waals surface area contributed by atoms with Crippen LogP contribution in [-0.2, 0) is 16.4 Å². The minimum atomic E-state index is -3.09. The molecule has 114 valence electrons. The van der Waals surface area contributed by atoms with Crippen LogP contribution in [0.1, 0.15) is 23.0 Å². The van der Waals surface area contributed by atoms with E-state index in [0.29, 0.717) is 16.5 Å². The molecule has 1 aromatic carbocycles. The van der Waals surface area contributed by atoms with Gasteiger partial charge in [-0.2, -0.15) is 0 Å². The standard InChI is InChI=1S/C14H17NO5S/c1-9(8-21(2,18)19)15-7-11-10-5-3-4-6-12(10)20-13(11)14(16)17/h3-6,9,15H,7-8H2,1-2H3,(H,16,17). The van der Waals surface area contributed by atoms with Crippen molar-refractivity contribution in [3.8, 4) is 0 Å². The average molecular weight is 311 g/mol. The molecule has 0 aliphatic heterocycles. The number of rotatable bonds is 6. The van der Waals surface area contributed by atoms with E-state index in [1.807, 2.05) is 0 Å². The first-order chi connectivity index (χ1) is 9.78. The molecule has 1 atom stereocenters. The zero-order chi connectivity index (χ0) is 15.6. The quantitative estimate of drug-likeness (QED) is 0.842. The summed E-state index contributed by atoms with van der Waals surface area (Å²) in [5, 5.41) is 12.9. The Balaban J connectivity index is 2.25. The summed E-state index contributed by atoms with van der Waals surface area (Å²) < 4.78 is 27.8. The highest BCUT2D eigenvalue weighted by molar-refractivity contribution is 7.90. The fourth-order valence-electron chi connectivity index (χ4n) is 2.24. The molecule has 2 aromatic rings. The molecule has 21 heavy (non-hydrogen) atoms. The van der Waals surface area contributed by atoms with E-state index in [1.165, 1.54) is 6.26 Å². The monoisotopic (exact) mass is 311 g/mol. The zero-order valence-corrected chi connectivity index (χ0v) is 12.6. The number of para-hydroxylation sites is 1. The van der Waals surface area contributed by atoms with Crippen LogP contribution in [0.5, 0.6) is 0 Å². The number of furan rings is 1. The second-order valence-electron chi connectivity index (χ2n) is 5.09. The number of sulfone groups is 1. The molecule has 1 aromatic heterocycles. The Bertz CT molecular complexity index is 763. The Labute approximate surface area is 122 Å². The molecule has 7 heteroatoms. The van der Waals surface area contributed by atoms with Gasteiger partial charge in [0.25, 0.3) is 0 Å². The van der Waals surface area contributed by atoms with Crippen molar-refractivity contribution in [3.63, 3.8) is 0 Å². The molecular formula is C14H17NO5S. The van der Waals surface area contributed by atoms with Crippen LogP contribution in [-0.4, -0.2) is 37.5 Å². The second-order valence-corrected chi connectivity index (χ2v) is 7.27. The molecule has 2 rings (SSSR count). The number of nitrogens with one attached hydrogen (secondary N) is 1. The fourth-order valence-corrected chi connectivity index (χ4v) is 3.26. The first kappa shape index (κ1) is 15.5. The van der Waals surface area contributed by atoms with Gasteiger partial charge in [-0.25, -0.2) is 13.2 Å². The van der Waals surface area contributed by atoms with E-state index >= 15 is 0 Å². The van der Waals surface area contributed by atoms with E-state index in [9.17, 15) is 18.3 Å². The van der Waals surface area contributed by atoms with Crippen molar-refractivity contribution in [1.82, 2.24) is 5.32 Å². The molecule has 0 saturated carbocycles. The summed E-state index contributed by atoms with van der Waals surface area (Å²) in [5.74, 6) is -1.26. The van der Waals surface area contributed by atoms with E-state index in [2.05, 4.69) is 5.32 Å². The lowest BCUT2D eigenvalue weighted by Gasteiger charge is -2.12. The van der Waals surface area contributed by atoms with Crippen molar-refractivity contribution in [3.05, 3.63) is 35.6 Å². The van der Waals surface area contributed by atoms with Gasteiger partial charge in [-0.1, -0.05) is 18.2 Å². The van der Waals surface area contributed by atoms with Gasteiger partial charge in [-0.15, -0.1) is 0 Å². The van der Waals surface area contributed by atoms with E-state index < -0.39 is 15.8 Å². The van der Waals surface area contributed by atoms with E-state index in [4.69, 9.17) is 4.42 Å². The predicted octanol–water partition coefficient (Wildman–Crippen LogP) is 1.65. The lowest BCUT2D eigenvalue weighted by atomic mass is 10.1. The van der Waals surface area contributed by atoms with Crippen LogP contribution < -0.4 is 5.32 Å². The normalized spacial score (nSPS) is 13.4. The summed E-state index contributed by atoms with van der Waals surface area (Å²) in [6.45, 7) is 1.97. The zero-order valence-electron chi connectivity index (χ0n) is 11.8. The van der Waals surface area contributed by atoms with E-state index in [-0.39, 0.29) is 24.1 Å². The van der Waals surface area contributed by atoms with Crippen LogP contribution in [0.15, 0.2) is 28.7 Å². The van der Waals surface area contributed by atoms with Crippen molar-refractivity contribution >= 4 is 26.8 Å². The number of benzene rings is 1. The van der Waals surface area contributed by atoms with Gasteiger partial charge in [0.05, 0.1) is 5.75 Å². The van der Waals surface area contributed by atoms with Gasteiger partial charge in [-0.3, -0.25) is 0 Å². The Kier molecular flexibility index (Phi) is 4.34. The molecule has 0 aliphatic rings. The average Bonchev–Trinajstić information content (AvgIpc) is 2.73. The topological polar surface area (TPSA) is 96.6 Å². The molecule has 6 nitrogen and oxygen atoms in total. The number of carbonyl (C=O) groups is 1. The molecule has 0 saturated heterocycles. The van der Waals surface area contributed by atoms with Gasteiger partial charge >= 0.3 is 5.97 Å². The maximum Gasteiger partial charge on any atom is 0.372 e. The summed E-state index contributed by atoms with van der Waals surface area (Å²) in [4.78, 5) is 11.2. The van der Waals surface area contributed by atoms with Gasteiger partial charge in [0.1, 0.15) is 15.4 Å². The van der Waals surface area contributed by atoms with Gasteiger partial charge in [0.15, 0.2) is 0 Å². The largest absolute Gasteiger partial charge is 0.475 e. The third kappa shape index (κ3) is 3.83. The van der Waals surface area contributed by atoms with E-state index in [0.717, 1.165) is 0 Å². The molecule has 0 spiro atoms.